The average Bonchev–Trinajstić information content (AvgIpc) is 2.57. The van der Waals surface area contributed by atoms with E-state index >= 15 is 0 Å². The van der Waals surface area contributed by atoms with Crippen LogP contribution >= 0.6 is 0 Å². The Hall–Kier alpha value is -3.37. The minimum atomic E-state index is -1.42. The zero-order chi connectivity index (χ0) is 16.8. The van der Waals surface area contributed by atoms with Crippen LogP contribution in [0.2, 0.25) is 0 Å². The van der Waals surface area contributed by atoms with Crippen molar-refractivity contribution in [3.05, 3.63) is 71.8 Å². The highest BCUT2D eigenvalue weighted by Crippen LogP contribution is 1.98. The smallest absolute Gasteiger partial charge is 0.377 e. The van der Waals surface area contributed by atoms with Crippen LogP contribution in [0.4, 0.5) is 0 Å². The molecule has 0 radical (unpaired) electrons. The summed E-state index contributed by atoms with van der Waals surface area (Å²) in [7, 11) is 0. The second-order valence-corrected chi connectivity index (χ2v) is 3.61. The van der Waals surface area contributed by atoms with Crippen LogP contribution in [-0.4, -0.2) is 29.3 Å². The van der Waals surface area contributed by atoms with Gasteiger partial charge in [-0.2, -0.15) is 9.59 Å². The SMILES string of the molecule is C.O=C(O)C(=O)c1ccccc1.O=C=O.O=Cc1ccccc1. The number of carboxylic acid groups (broad SMARTS) is 1. The fourth-order valence-corrected chi connectivity index (χ4v) is 1.24. The van der Waals surface area contributed by atoms with Gasteiger partial charge in [-0.1, -0.05) is 68.1 Å². The maximum Gasteiger partial charge on any atom is 0.377 e. The van der Waals surface area contributed by atoms with E-state index in [1.807, 2.05) is 18.2 Å². The van der Waals surface area contributed by atoms with Gasteiger partial charge in [0.25, 0.3) is 5.78 Å². The summed E-state index contributed by atoms with van der Waals surface area (Å²) in [6.45, 7) is 0. The summed E-state index contributed by atoms with van der Waals surface area (Å²) in [5, 5.41) is 8.29. The molecule has 0 aliphatic carbocycles. The average molecular weight is 316 g/mol. The van der Waals surface area contributed by atoms with Gasteiger partial charge in [-0.05, 0) is 0 Å². The van der Waals surface area contributed by atoms with E-state index in [0.29, 0.717) is 0 Å². The first-order valence-corrected chi connectivity index (χ1v) is 5.89. The number of aliphatic carboxylic acids is 1. The molecule has 2 aromatic carbocycles. The van der Waals surface area contributed by atoms with Crippen molar-refractivity contribution < 1.29 is 29.1 Å². The Labute approximate surface area is 133 Å². The van der Waals surface area contributed by atoms with Crippen LogP contribution in [0.5, 0.6) is 0 Å². The topological polar surface area (TPSA) is 106 Å². The van der Waals surface area contributed by atoms with Gasteiger partial charge >= 0.3 is 12.1 Å². The fraction of sp³-hybridized carbons (Fsp3) is 0.0588. The fourth-order valence-electron chi connectivity index (χ4n) is 1.24. The van der Waals surface area contributed by atoms with E-state index in [1.54, 1.807) is 30.3 Å². The minimum absolute atomic E-state index is 0. The highest BCUT2D eigenvalue weighted by Gasteiger charge is 2.12. The molecule has 0 fully saturated rings. The molecule has 0 aromatic heterocycles. The normalized spacial score (nSPS) is 7.65. The molecule has 0 heterocycles. The number of hydrogen-bond acceptors (Lipinski definition) is 5. The van der Waals surface area contributed by atoms with Gasteiger partial charge in [0.15, 0.2) is 0 Å². The van der Waals surface area contributed by atoms with Gasteiger partial charge < -0.3 is 5.11 Å². The lowest BCUT2D eigenvalue weighted by molar-refractivity contribution is -0.191. The lowest BCUT2D eigenvalue weighted by Gasteiger charge is -1.91. The molecule has 0 amide bonds. The predicted octanol–water partition coefficient (Wildman–Crippen LogP) is 2.51. The van der Waals surface area contributed by atoms with Crippen LogP contribution in [0.1, 0.15) is 28.1 Å². The van der Waals surface area contributed by atoms with Gasteiger partial charge in [0, 0.05) is 11.1 Å². The first-order valence-electron chi connectivity index (χ1n) is 5.89. The molecule has 0 aliphatic rings. The van der Waals surface area contributed by atoms with Gasteiger partial charge in [-0.15, -0.1) is 0 Å². The van der Waals surface area contributed by atoms with E-state index in [2.05, 4.69) is 0 Å². The Morgan fingerprint density at radius 2 is 1.26 bits per heavy atom. The van der Waals surface area contributed by atoms with Crippen LogP contribution in [0.25, 0.3) is 0 Å². The molecule has 2 aromatic rings. The third-order valence-electron chi connectivity index (χ3n) is 2.17. The Morgan fingerprint density at radius 3 is 1.57 bits per heavy atom. The summed E-state index contributed by atoms with van der Waals surface area (Å²) >= 11 is 0. The number of aldehydes is 1. The van der Waals surface area contributed by atoms with E-state index in [1.165, 1.54) is 12.1 Å². The van der Waals surface area contributed by atoms with Crippen molar-refractivity contribution in [2.45, 2.75) is 7.43 Å². The molecular weight excluding hydrogens is 300 g/mol. The molecule has 23 heavy (non-hydrogen) atoms. The summed E-state index contributed by atoms with van der Waals surface area (Å²) in [4.78, 5) is 47.2. The van der Waals surface area contributed by atoms with Crippen molar-refractivity contribution >= 4 is 24.2 Å². The number of carboxylic acids is 1. The summed E-state index contributed by atoms with van der Waals surface area (Å²) in [5.74, 6) is -2.29. The molecule has 1 N–H and O–H groups in total. The first-order chi connectivity index (χ1) is 10.6. The number of carbonyl (C=O) groups excluding carboxylic acids is 4. The number of rotatable bonds is 3. The molecule has 0 aliphatic heterocycles. The highest BCUT2D eigenvalue weighted by atomic mass is 16.4. The Balaban J connectivity index is 0. The van der Waals surface area contributed by atoms with E-state index in [0.717, 1.165) is 11.8 Å². The van der Waals surface area contributed by atoms with Crippen molar-refractivity contribution in [3.63, 3.8) is 0 Å². The van der Waals surface area contributed by atoms with Gasteiger partial charge in [-0.3, -0.25) is 9.59 Å². The van der Waals surface area contributed by atoms with Gasteiger partial charge in [-0.25, -0.2) is 4.79 Å². The van der Waals surface area contributed by atoms with E-state index < -0.39 is 11.8 Å². The third-order valence-corrected chi connectivity index (χ3v) is 2.17. The van der Waals surface area contributed by atoms with Crippen LogP contribution in [-0.2, 0) is 14.4 Å². The largest absolute Gasteiger partial charge is 0.475 e. The number of hydrogen-bond donors (Lipinski definition) is 1. The van der Waals surface area contributed by atoms with Crippen molar-refractivity contribution in [2.24, 2.45) is 0 Å². The predicted molar refractivity (Wildman–Crippen MR) is 82.0 cm³/mol. The first kappa shape index (κ1) is 21.9. The summed E-state index contributed by atoms with van der Waals surface area (Å²) in [6, 6.07) is 17.0. The molecule has 0 atom stereocenters. The van der Waals surface area contributed by atoms with Crippen molar-refractivity contribution in [1.29, 1.82) is 0 Å². The molecule has 6 nitrogen and oxygen atoms in total. The van der Waals surface area contributed by atoms with Crippen LogP contribution in [0, 0.1) is 0 Å². The van der Waals surface area contributed by atoms with E-state index in [9.17, 15) is 14.4 Å². The van der Waals surface area contributed by atoms with Crippen molar-refractivity contribution in [1.82, 2.24) is 0 Å². The maximum absolute atomic E-state index is 10.7. The van der Waals surface area contributed by atoms with Crippen molar-refractivity contribution in [2.75, 3.05) is 0 Å². The highest BCUT2D eigenvalue weighted by molar-refractivity contribution is 6.39. The second kappa shape index (κ2) is 13.6. The molecular formula is C17H16O6. The quantitative estimate of drug-likeness (QED) is 0.530. The number of benzene rings is 2. The molecule has 0 saturated carbocycles. The van der Waals surface area contributed by atoms with Gasteiger partial charge in [0.2, 0.25) is 0 Å². The van der Waals surface area contributed by atoms with Crippen LogP contribution in [0.15, 0.2) is 60.7 Å². The van der Waals surface area contributed by atoms with E-state index in [-0.39, 0.29) is 19.1 Å². The Kier molecular flexibility index (Phi) is 13.0. The maximum atomic E-state index is 10.7. The Bertz CT molecular complexity index is 629. The number of ketones is 1. The molecule has 0 saturated heterocycles. The summed E-state index contributed by atoms with van der Waals surface area (Å²) in [6.07, 6.45) is 1.08. The summed E-state index contributed by atoms with van der Waals surface area (Å²) < 4.78 is 0. The lowest BCUT2D eigenvalue weighted by Crippen LogP contribution is -2.12. The van der Waals surface area contributed by atoms with Crippen molar-refractivity contribution in [3.8, 4) is 0 Å². The number of Topliss-reactive ketones (excluding diaryl/α,β-unsaturated/α-hetero) is 1. The standard InChI is InChI=1S/C8H6O3.C7H6O.CO2.CH4/c9-7(8(10)11)6-4-2-1-3-5-6;8-6-7-4-2-1-3-5-7;2-1-3;/h1-5H,(H,10,11);1-6H;;1H4. The molecule has 6 heteroatoms. The molecule has 2 rings (SSSR count). The van der Waals surface area contributed by atoms with Crippen LogP contribution in [0.3, 0.4) is 0 Å². The zero-order valence-electron chi connectivity index (χ0n) is 11.3. The molecule has 0 spiro atoms. The molecule has 0 bridgehead atoms. The van der Waals surface area contributed by atoms with E-state index in [4.69, 9.17) is 14.7 Å². The monoisotopic (exact) mass is 316 g/mol. The zero-order valence-corrected chi connectivity index (χ0v) is 11.3. The van der Waals surface area contributed by atoms with Gasteiger partial charge in [0.05, 0.1) is 0 Å². The minimum Gasteiger partial charge on any atom is -0.475 e. The van der Waals surface area contributed by atoms with Gasteiger partial charge in [0.1, 0.15) is 6.29 Å². The summed E-state index contributed by atoms with van der Waals surface area (Å²) in [5.41, 5.74) is 0.938. The Morgan fingerprint density at radius 1 is 0.870 bits per heavy atom. The lowest BCUT2D eigenvalue weighted by atomic mass is 10.1. The second-order valence-electron chi connectivity index (χ2n) is 3.61. The number of carbonyl (C=O) groups is 3. The molecule has 0 unspecified atom stereocenters. The van der Waals surface area contributed by atoms with Crippen LogP contribution < -0.4 is 0 Å². The third kappa shape index (κ3) is 10.1. The molecule has 120 valence electrons.